The summed E-state index contributed by atoms with van der Waals surface area (Å²) in [6.45, 7) is 6.55. The molecular weight excluding hydrogens is 402 g/mol. The first-order chi connectivity index (χ1) is 14.4. The Morgan fingerprint density at radius 2 is 1.93 bits per heavy atom. The molecule has 2 aromatic heterocycles. The number of anilines is 1. The number of amides is 1. The summed E-state index contributed by atoms with van der Waals surface area (Å²) in [5.74, 6) is -0.596. The second-order valence-electron chi connectivity index (χ2n) is 7.07. The van der Waals surface area contributed by atoms with Crippen LogP contribution < -0.4 is 10.9 Å². The van der Waals surface area contributed by atoms with E-state index in [1.165, 1.54) is 22.2 Å². The lowest BCUT2D eigenvalue weighted by Crippen LogP contribution is -2.23. The Bertz CT molecular complexity index is 1120. The standard InChI is InChI=1S/C22H25N3O4S/c1-4-5-12-29-22(28)16-6-8-17(9-7-16)24-18(26)10-11-25-13-23-20-19(21(25)27)14(2)15(3)30-20/h6-9,13H,4-5,10-12H2,1-3H3,(H,24,26). The summed E-state index contributed by atoms with van der Waals surface area (Å²) >= 11 is 1.50. The van der Waals surface area contributed by atoms with Crippen molar-refractivity contribution >= 4 is 39.1 Å². The average Bonchev–Trinajstić information content (AvgIpc) is 3.02. The number of benzene rings is 1. The highest BCUT2D eigenvalue weighted by Crippen LogP contribution is 2.25. The van der Waals surface area contributed by atoms with Gasteiger partial charge in [-0.05, 0) is 50.1 Å². The van der Waals surface area contributed by atoms with Crippen molar-refractivity contribution in [3.8, 4) is 0 Å². The highest BCUT2D eigenvalue weighted by Gasteiger charge is 2.13. The van der Waals surface area contributed by atoms with E-state index < -0.39 is 0 Å². The van der Waals surface area contributed by atoms with Crippen molar-refractivity contribution in [2.75, 3.05) is 11.9 Å². The van der Waals surface area contributed by atoms with Crippen molar-refractivity contribution in [2.24, 2.45) is 0 Å². The Balaban J connectivity index is 1.58. The van der Waals surface area contributed by atoms with Crippen LogP contribution >= 0.6 is 11.3 Å². The van der Waals surface area contributed by atoms with Crippen molar-refractivity contribution in [1.82, 2.24) is 9.55 Å². The number of thiophene rings is 1. The molecule has 158 valence electrons. The number of unbranched alkanes of at least 4 members (excludes halogenated alkanes) is 1. The van der Waals surface area contributed by atoms with Gasteiger partial charge in [-0.1, -0.05) is 13.3 Å². The van der Waals surface area contributed by atoms with Crippen molar-refractivity contribution in [3.05, 3.63) is 57.0 Å². The zero-order valence-corrected chi connectivity index (χ0v) is 18.2. The van der Waals surface area contributed by atoms with Crippen LogP contribution in [0.4, 0.5) is 5.69 Å². The van der Waals surface area contributed by atoms with Crippen LogP contribution in [-0.4, -0.2) is 28.0 Å². The molecule has 0 saturated heterocycles. The first-order valence-corrected chi connectivity index (χ1v) is 10.7. The number of hydrogen-bond acceptors (Lipinski definition) is 6. The number of hydrogen-bond donors (Lipinski definition) is 1. The molecule has 0 radical (unpaired) electrons. The normalized spacial score (nSPS) is 10.9. The van der Waals surface area contributed by atoms with Gasteiger partial charge in [-0.15, -0.1) is 11.3 Å². The molecule has 0 bridgehead atoms. The lowest BCUT2D eigenvalue weighted by molar-refractivity contribution is -0.116. The summed E-state index contributed by atoms with van der Waals surface area (Å²) in [4.78, 5) is 43.0. The summed E-state index contributed by atoms with van der Waals surface area (Å²) in [5, 5.41) is 3.40. The van der Waals surface area contributed by atoms with Gasteiger partial charge in [-0.2, -0.15) is 0 Å². The quantitative estimate of drug-likeness (QED) is 0.432. The first kappa shape index (κ1) is 21.7. The molecule has 30 heavy (non-hydrogen) atoms. The van der Waals surface area contributed by atoms with Crippen LogP contribution in [0.3, 0.4) is 0 Å². The summed E-state index contributed by atoms with van der Waals surface area (Å²) in [5.41, 5.74) is 1.84. The van der Waals surface area contributed by atoms with Crippen LogP contribution in [0, 0.1) is 13.8 Å². The molecule has 0 aliphatic rings. The molecule has 1 aromatic carbocycles. The molecule has 0 atom stereocenters. The zero-order chi connectivity index (χ0) is 21.7. The number of nitrogens with zero attached hydrogens (tertiary/aromatic N) is 2. The van der Waals surface area contributed by atoms with Crippen LogP contribution in [0.25, 0.3) is 10.2 Å². The van der Waals surface area contributed by atoms with E-state index in [0.717, 1.165) is 28.1 Å². The van der Waals surface area contributed by atoms with Gasteiger partial charge in [0.2, 0.25) is 5.91 Å². The van der Waals surface area contributed by atoms with Crippen molar-refractivity contribution in [1.29, 1.82) is 0 Å². The number of ether oxygens (including phenoxy) is 1. The molecule has 0 aliphatic carbocycles. The van der Waals surface area contributed by atoms with Crippen LogP contribution in [0.5, 0.6) is 0 Å². The van der Waals surface area contributed by atoms with Gasteiger partial charge in [0.05, 0.1) is 23.9 Å². The molecule has 2 heterocycles. The number of carbonyl (C=O) groups is 2. The minimum absolute atomic E-state index is 0.124. The fraction of sp³-hybridized carbons (Fsp3) is 0.364. The molecule has 0 aliphatic heterocycles. The molecule has 0 spiro atoms. The van der Waals surface area contributed by atoms with Gasteiger partial charge < -0.3 is 10.1 Å². The topological polar surface area (TPSA) is 90.3 Å². The number of nitrogens with one attached hydrogen (secondary N) is 1. The number of aromatic nitrogens is 2. The maximum Gasteiger partial charge on any atom is 0.338 e. The van der Waals surface area contributed by atoms with E-state index in [4.69, 9.17) is 4.74 Å². The van der Waals surface area contributed by atoms with Crippen LogP contribution in [0.2, 0.25) is 0 Å². The largest absolute Gasteiger partial charge is 0.462 e. The minimum atomic E-state index is -0.373. The zero-order valence-electron chi connectivity index (χ0n) is 17.4. The lowest BCUT2D eigenvalue weighted by atomic mass is 10.2. The third-order valence-electron chi connectivity index (χ3n) is 4.87. The van der Waals surface area contributed by atoms with Gasteiger partial charge in [0.1, 0.15) is 4.83 Å². The summed E-state index contributed by atoms with van der Waals surface area (Å²) in [6.07, 6.45) is 3.42. The maximum atomic E-state index is 12.7. The van der Waals surface area contributed by atoms with Crippen molar-refractivity contribution in [2.45, 2.75) is 46.6 Å². The third kappa shape index (κ3) is 4.94. The van der Waals surface area contributed by atoms with Crippen molar-refractivity contribution in [3.63, 3.8) is 0 Å². The first-order valence-electron chi connectivity index (χ1n) is 9.93. The molecule has 0 fully saturated rings. The molecule has 1 N–H and O–H groups in total. The second-order valence-corrected chi connectivity index (χ2v) is 8.27. The highest BCUT2D eigenvalue weighted by atomic mass is 32.1. The molecule has 7 nitrogen and oxygen atoms in total. The molecule has 3 aromatic rings. The van der Waals surface area contributed by atoms with E-state index in [9.17, 15) is 14.4 Å². The SMILES string of the molecule is CCCCOC(=O)c1ccc(NC(=O)CCn2cnc3sc(C)c(C)c3c2=O)cc1. The summed E-state index contributed by atoms with van der Waals surface area (Å²) in [7, 11) is 0. The van der Waals surface area contributed by atoms with Gasteiger partial charge in [-0.25, -0.2) is 9.78 Å². The maximum absolute atomic E-state index is 12.7. The van der Waals surface area contributed by atoms with Gasteiger partial charge in [-0.3, -0.25) is 14.2 Å². The fourth-order valence-corrected chi connectivity index (χ4v) is 3.94. The monoisotopic (exact) mass is 427 g/mol. The van der Waals surface area contributed by atoms with Gasteiger partial charge in [0, 0.05) is 23.5 Å². The lowest BCUT2D eigenvalue weighted by Gasteiger charge is -2.08. The van der Waals surface area contributed by atoms with Gasteiger partial charge in [0.15, 0.2) is 0 Å². The number of fused-ring (bicyclic) bond motifs is 1. The van der Waals surface area contributed by atoms with E-state index in [-0.39, 0.29) is 30.4 Å². The molecule has 0 unspecified atom stereocenters. The Kier molecular flexibility index (Phi) is 6.99. The smallest absolute Gasteiger partial charge is 0.338 e. The van der Waals surface area contributed by atoms with Crippen LogP contribution in [0.1, 0.15) is 47.0 Å². The fourth-order valence-electron chi connectivity index (χ4n) is 2.96. The third-order valence-corrected chi connectivity index (χ3v) is 5.99. The van der Waals surface area contributed by atoms with Crippen molar-refractivity contribution < 1.29 is 14.3 Å². The van der Waals surface area contributed by atoms with Gasteiger partial charge >= 0.3 is 5.97 Å². The van der Waals surface area contributed by atoms with E-state index in [1.54, 1.807) is 24.3 Å². The molecule has 3 rings (SSSR count). The number of carbonyl (C=O) groups excluding carboxylic acids is 2. The van der Waals surface area contributed by atoms with E-state index in [1.807, 2.05) is 20.8 Å². The molecule has 1 amide bonds. The second kappa shape index (κ2) is 9.67. The van der Waals surface area contributed by atoms with E-state index >= 15 is 0 Å². The van der Waals surface area contributed by atoms with E-state index in [2.05, 4.69) is 10.3 Å². The van der Waals surface area contributed by atoms with Gasteiger partial charge in [0.25, 0.3) is 5.56 Å². The predicted octanol–water partition coefficient (Wildman–Crippen LogP) is 4.06. The molecular formula is C22H25N3O4S. The minimum Gasteiger partial charge on any atom is -0.462 e. The Morgan fingerprint density at radius 3 is 2.63 bits per heavy atom. The Hall–Kier alpha value is -3.00. The predicted molar refractivity (Wildman–Crippen MR) is 118 cm³/mol. The van der Waals surface area contributed by atoms with E-state index in [0.29, 0.717) is 23.2 Å². The average molecular weight is 428 g/mol. The Labute approximate surface area is 178 Å². The molecule has 8 heteroatoms. The van der Waals surface area contributed by atoms with Crippen LogP contribution in [-0.2, 0) is 16.1 Å². The number of esters is 1. The highest BCUT2D eigenvalue weighted by molar-refractivity contribution is 7.18. The summed E-state index contributed by atoms with van der Waals surface area (Å²) in [6, 6.07) is 6.55. The Morgan fingerprint density at radius 1 is 1.20 bits per heavy atom. The number of rotatable bonds is 8. The number of aryl methyl sites for hydroxylation is 3. The summed E-state index contributed by atoms with van der Waals surface area (Å²) < 4.78 is 6.63. The van der Waals surface area contributed by atoms with Crippen LogP contribution in [0.15, 0.2) is 35.4 Å². The molecule has 0 saturated carbocycles.